The third-order valence-corrected chi connectivity index (χ3v) is 2.81. The summed E-state index contributed by atoms with van der Waals surface area (Å²) in [6.07, 6.45) is 0. The predicted octanol–water partition coefficient (Wildman–Crippen LogP) is 2.70. The van der Waals surface area contributed by atoms with Crippen LogP contribution >= 0.6 is 0 Å². The number of hydrogen-bond donors (Lipinski definition) is 2. The van der Waals surface area contributed by atoms with Crippen LogP contribution in [-0.4, -0.2) is 21.3 Å². The Balaban J connectivity index is 2.71. The third-order valence-electron chi connectivity index (χ3n) is 2.81. The second kappa shape index (κ2) is 4.05. The van der Waals surface area contributed by atoms with Gasteiger partial charge in [0.25, 0.3) is 0 Å². The van der Waals surface area contributed by atoms with Crippen molar-refractivity contribution in [1.29, 1.82) is 0 Å². The zero-order valence-electron chi connectivity index (χ0n) is 10.0. The average molecular weight is 230 g/mol. The quantitative estimate of drug-likeness (QED) is 0.833. The molecule has 0 spiro atoms. The minimum Gasteiger partial charge on any atom is -0.476 e. The Morgan fingerprint density at radius 3 is 2.65 bits per heavy atom. The van der Waals surface area contributed by atoms with Crippen molar-refractivity contribution in [2.75, 3.05) is 0 Å². The lowest BCUT2D eigenvalue weighted by atomic mass is 9.97. The van der Waals surface area contributed by atoms with Crippen LogP contribution in [0.15, 0.2) is 18.2 Å². The van der Waals surface area contributed by atoms with E-state index in [1.807, 2.05) is 39.0 Å². The van der Waals surface area contributed by atoms with E-state index in [0.29, 0.717) is 5.56 Å². The van der Waals surface area contributed by atoms with Crippen molar-refractivity contribution in [3.8, 4) is 11.1 Å². The predicted molar refractivity (Wildman–Crippen MR) is 65.2 cm³/mol. The summed E-state index contributed by atoms with van der Waals surface area (Å²) in [7, 11) is 0. The highest BCUT2D eigenvalue weighted by atomic mass is 16.4. The van der Waals surface area contributed by atoms with Gasteiger partial charge in [-0.3, -0.25) is 5.10 Å². The second-order valence-corrected chi connectivity index (χ2v) is 4.20. The van der Waals surface area contributed by atoms with Crippen LogP contribution in [0.4, 0.5) is 0 Å². The van der Waals surface area contributed by atoms with Gasteiger partial charge in [0.1, 0.15) is 0 Å². The molecule has 0 saturated carbocycles. The molecular weight excluding hydrogens is 216 g/mol. The van der Waals surface area contributed by atoms with Crippen molar-refractivity contribution in [2.45, 2.75) is 20.8 Å². The lowest BCUT2D eigenvalue weighted by molar-refractivity contribution is 0.0691. The van der Waals surface area contributed by atoms with Crippen molar-refractivity contribution in [3.63, 3.8) is 0 Å². The number of H-pyrrole nitrogens is 1. The summed E-state index contributed by atoms with van der Waals surface area (Å²) in [5.41, 5.74) is 4.60. The monoisotopic (exact) mass is 230 g/mol. The van der Waals surface area contributed by atoms with Gasteiger partial charge in [0.15, 0.2) is 5.69 Å². The number of aromatic amines is 1. The molecule has 2 rings (SSSR count). The number of carboxylic acids is 1. The molecule has 1 aromatic heterocycles. The van der Waals surface area contributed by atoms with Gasteiger partial charge in [0, 0.05) is 11.3 Å². The molecule has 0 bridgehead atoms. The van der Waals surface area contributed by atoms with E-state index in [1.165, 1.54) is 0 Å². The first-order chi connectivity index (χ1) is 8.00. The number of aryl methyl sites for hydroxylation is 3. The number of benzene rings is 1. The van der Waals surface area contributed by atoms with Crippen LogP contribution in [-0.2, 0) is 0 Å². The molecule has 0 unspecified atom stereocenters. The Labute approximate surface area is 99.3 Å². The molecule has 0 aliphatic heterocycles. The summed E-state index contributed by atoms with van der Waals surface area (Å²) < 4.78 is 0. The number of rotatable bonds is 2. The van der Waals surface area contributed by atoms with Gasteiger partial charge in [-0.05, 0) is 31.9 Å². The molecule has 0 aliphatic carbocycles. The molecular formula is C13H14N2O2. The highest BCUT2D eigenvalue weighted by molar-refractivity contribution is 5.95. The number of hydrogen-bond acceptors (Lipinski definition) is 2. The van der Waals surface area contributed by atoms with E-state index >= 15 is 0 Å². The van der Waals surface area contributed by atoms with E-state index < -0.39 is 5.97 Å². The van der Waals surface area contributed by atoms with Gasteiger partial charge in [-0.15, -0.1) is 0 Å². The first-order valence-corrected chi connectivity index (χ1v) is 5.36. The molecule has 1 aromatic carbocycles. The number of nitrogens with one attached hydrogen (secondary N) is 1. The van der Waals surface area contributed by atoms with Crippen LogP contribution in [0.3, 0.4) is 0 Å². The molecule has 4 heteroatoms. The maximum atomic E-state index is 11.1. The molecule has 17 heavy (non-hydrogen) atoms. The summed E-state index contributed by atoms with van der Waals surface area (Å²) in [5.74, 6) is -1.01. The fourth-order valence-corrected chi connectivity index (χ4v) is 1.92. The molecule has 2 N–H and O–H groups in total. The van der Waals surface area contributed by atoms with E-state index in [1.54, 1.807) is 0 Å². The van der Waals surface area contributed by atoms with Crippen LogP contribution in [0.5, 0.6) is 0 Å². The van der Waals surface area contributed by atoms with Gasteiger partial charge in [0.2, 0.25) is 0 Å². The van der Waals surface area contributed by atoms with Crippen molar-refractivity contribution >= 4 is 5.97 Å². The highest BCUT2D eigenvalue weighted by Gasteiger charge is 2.19. The molecule has 0 amide bonds. The van der Waals surface area contributed by atoms with Crippen molar-refractivity contribution in [1.82, 2.24) is 10.2 Å². The Kier molecular flexibility index (Phi) is 2.71. The summed E-state index contributed by atoms with van der Waals surface area (Å²) in [4.78, 5) is 11.1. The van der Waals surface area contributed by atoms with Crippen LogP contribution < -0.4 is 0 Å². The molecule has 88 valence electrons. The van der Waals surface area contributed by atoms with E-state index in [4.69, 9.17) is 5.11 Å². The zero-order chi connectivity index (χ0) is 12.6. The van der Waals surface area contributed by atoms with Gasteiger partial charge in [-0.2, -0.15) is 5.10 Å². The van der Waals surface area contributed by atoms with Crippen molar-refractivity contribution in [3.05, 3.63) is 40.7 Å². The summed E-state index contributed by atoms with van der Waals surface area (Å²) >= 11 is 0. The number of carbonyl (C=O) groups is 1. The second-order valence-electron chi connectivity index (χ2n) is 4.20. The molecule has 1 heterocycles. The largest absolute Gasteiger partial charge is 0.476 e. The number of nitrogens with zero attached hydrogens (tertiary/aromatic N) is 1. The Bertz CT molecular complexity index is 585. The van der Waals surface area contributed by atoms with E-state index in [2.05, 4.69) is 10.2 Å². The SMILES string of the molecule is Cc1ccc(C)c(-c2c(C(=O)O)n[nH]c2C)c1. The smallest absolute Gasteiger partial charge is 0.357 e. The average Bonchev–Trinajstić information content (AvgIpc) is 2.64. The van der Waals surface area contributed by atoms with Gasteiger partial charge in [0.05, 0.1) is 0 Å². The molecule has 0 saturated heterocycles. The maximum absolute atomic E-state index is 11.1. The lowest BCUT2D eigenvalue weighted by Gasteiger charge is -2.07. The fraction of sp³-hybridized carbons (Fsp3) is 0.231. The first-order valence-electron chi connectivity index (χ1n) is 5.36. The van der Waals surface area contributed by atoms with E-state index in [0.717, 1.165) is 22.4 Å². The third kappa shape index (κ3) is 1.93. The van der Waals surface area contributed by atoms with Crippen LogP contribution in [0, 0.1) is 20.8 Å². The van der Waals surface area contributed by atoms with Crippen LogP contribution in [0.1, 0.15) is 27.3 Å². The summed E-state index contributed by atoms with van der Waals surface area (Å²) in [5, 5.41) is 15.7. The molecule has 0 aliphatic rings. The first kappa shape index (κ1) is 11.4. The molecule has 2 aromatic rings. The highest BCUT2D eigenvalue weighted by Crippen LogP contribution is 2.29. The van der Waals surface area contributed by atoms with Gasteiger partial charge in [-0.25, -0.2) is 4.79 Å². The Morgan fingerprint density at radius 2 is 2.00 bits per heavy atom. The maximum Gasteiger partial charge on any atom is 0.357 e. The van der Waals surface area contributed by atoms with E-state index in [-0.39, 0.29) is 5.69 Å². The van der Waals surface area contributed by atoms with Crippen LogP contribution in [0.2, 0.25) is 0 Å². The standard InChI is InChI=1S/C13H14N2O2/c1-7-4-5-8(2)10(6-7)11-9(3)14-15-12(11)13(16)17/h4-6H,1-3H3,(H,14,15)(H,16,17). The summed E-state index contributed by atoms with van der Waals surface area (Å²) in [6, 6.07) is 5.98. The van der Waals surface area contributed by atoms with Gasteiger partial charge >= 0.3 is 5.97 Å². The van der Waals surface area contributed by atoms with Crippen molar-refractivity contribution < 1.29 is 9.90 Å². The number of aromatic nitrogens is 2. The van der Waals surface area contributed by atoms with Gasteiger partial charge in [-0.1, -0.05) is 23.8 Å². The van der Waals surface area contributed by atoms with Crippen LogP contribution in [0.25, 0.3) is 11.1 Å². The molecule has 0 atom stereocenters. The number of aromatic carboxylic acids is 1. The molecule has 0 radical (unpaired) electrons. The number of carboxylic acid groups (broad SMARTS) is 1. The normalized spacial score (nSPS) is 10.5. The van der Waals surface area contributed by atoms with E-state index in [9.17, 15) is 4.79 Å². The molecule has 4 nitrogen and oxygen atoms in total. The fourth-order valence-electron chi connectivity index (χ4n) is 1.92. The lowest BCUT2D eigenvalue weighted by Crippen LogP contribution is -2.00. The Morgan fingerprint density at radius 1 is 1.29 bits per heavy atom. The topological polar surface area (TPSA) is 66.0 Å². The van der Waals surface area contributed by atoms with Crippen molar-refractivity contribution in [2.24, 2.45) is 0 Å². The molecule has 0 fully saturated rings. The zero-order valence-corrected chi connectivity index (χ0v) is 10.0. The minimum atomic E-state index is -1.01. The van der Waals surface area contributed by atoms with Gasteiger partial charge < -0.3 is 5.11 Å². The minimum absolute atomic E-state index is 0.0798. The Hall–Kier alpha value is -2.10. The summed E-state index contributed by atoms with van der Waals surface area (Å²) in [6.45, 7) is 5.78.